The predicted octanol–water partition coefficient (Wildman–Crippen LogP) is 7.83. The molecule has 2 heteroatoms. The third-order valence-electron chi connectivity index (χ3n) is 5.09. The van der Waals surface area contributed by atoms with Crippen LogP contribution >= 0.6 is 0 Å². The second kappa shape index (κ2) is 11.7. The highest BCUT2D eigenvalue weighted by Gasteiger charge is 2.30. The molecular weight excluding hydrogens is 372 g/mol. The number of hydrogen-bond donors (Lipinski definition) is 0. The summed E-state index contributed by atoms with van der Waals surface area (Å²) in [7, 11) is -0.102. The smallest absolute Gasteiger partial charge is 0.169 e. The fourth-order valence-corrected chi connectivity index (χ4v) is 5.74. The topological polar surface area (TPSA) is 9.23 Å². The summed E-state index contributed by atoms with van der Waals surface area (Å²) in [6.07, 6.45) is 7.74. The summed E-state index contributed by atoms with van der Waals surface area (Å²) in [5, 5.41) is 0. The van der Waals surface area contributed by atoms with Gasteiger partial charge in [0.15, 0.2) is 14.7 Å². The van der Waals surface area contributed by atoms with E-state index in [9.17, 15) is 0 Å². The normalized spacial score (nSPS) is 11.0. The van der Waals surface area contributed by atoms with Gasteiger partial charge in [-0.15, -0.1) is 0 Å². The highest BCUT2D eigenvalue weighted by Crippen LogP contribution is 2.34. The molecule has 0 radical (unpaired) electrons. The van der Waals surface area contributed by atoms with Gasteiger partial charge in [-0.3, -0.25) is 0 Å². The van der Waals surface area contributed by atoms with Crippen LogP contribution in [-0.2, 0) is 10.9 Å². The molecule has 0 saturated carbocycles. The largest absolute Gasteiger partial charge is 0.494 e. The van der Waals surface area contributed by atoms with Crippen molar-refractivity contribution in [3.05, 3.63) is 84.4 Å². The minimum atomic E-state index is -0.102. The lowest BCUT2D eigenvalue weighted by molar-refractivity contribution is 0.304. The lowest BCUT2D eigenvalue weighted by Gasteiger charge is -2.12. The predicted molar refractivity (Wildman–Crippen MR) is 125 cm³/mol. The Hall–Kier alpha value is -2.19. The SMILES string of the molecule is CCCCCCCCOc1ccc([S+](c2ccccc2)c2ccccc2)c(C)c1. The Morgan fingerprint density at radius 2 is 1.28 bits per heavy atom. The molecule has 0 saturated heterocycles. The molecule has 3 aromatic rings. The Morgan fingerprint density at radius 3 is 1.86 bits per heavy atom. The van der Waals surface area contributed by atoms with Crippen molar-refractivity contribution in [1.82, 2.24) is 0 Å². The standard InChI is InChI=1S/C27H33OS/c1-3-4-5-6-7-14-21-28-24-19-20-27(23(2)22-24)29(25-15-10-8-11-16-25)26-17-12-9-13-18-26/h8-13,15-20,22H,3-7,14,21H2,1-2H3/q+1. The van der Waals surface area contributed by atoms with Crippen molar-refractivity contribution in [1.29, 1.82) is 0 Å². The molecule has 0 N–H and O–H groups in total. The summed E-state index contributed by atoms with van der Waals surface area (Å²) in [4.78, 5) is 4.07. The molecular formula is C27H33OS+. The molecule has 0 amide bonds. The van der Waals surface area contributed by atoms with Crippen LogP contribution in [0.5, 0.6) is 5.75 Å². The summed E-state index contributed by atoms with van der Waals surface area (Å²) in [6, 6.07) is 28.2. The minimum absolute atomic E-state index is 0.102. The summed E-state index contributed by atoms with van der Waals surface area (Å²) >= 11 is 0. The van der Waals surface area contributed by atoms with E-state index in [-0.39, 0.29) is 10.9 Å². The molecule has 0 aliphatic carbocycles. The molecule has 152 valence electrons. The average Bonchev–Trinajstić information content (AvgIpc) is 2.76. The van der Waals surface area contributed by atoms with Crippen molar-refractivity contribution in [2.45, 2.75) is 67.1 Å². The van der Waals surface area contributed by atoms with Crippen molar-refractivity contribution in [3.63, 3.8) is 0 Å². The Labute approximate surface area is 179 Å². The third-order valence-corrected chi connectivity index (χ3v) is 7.48. The first kappa shape index (κ1) is 21.5. The zero-order valence-electron chi connectivity index (χ0n) is 17.8. The number of benzene rings is 3. The summed E-state index contributed by atoms with van der Waals surface area (Å²) in [5.74, 6) is 0.990. The first-order valence-electron chi connectivity index (χ1n) is 10.9. The quantitative estimate of drug-likeness (QED) is 0.233. The minimum Gasteiger partial charge on any atom is -0.494 e. The van der Waals surface area contributed by atoms with Crippen LogP contribution in [-0.4, -0.2) is 6.61 Å². The van der Waals surface area contributed by atoms with E-state index >= 15 is 0 Å². The number of aryl methyl sites for hydroxylation is 1. The van der Waals surface area contributed by atoms with Crippen LogP contribution in [0.1, 0.15) is 51.0 Å². The molecule has 0 spiro atoms. The average molecular weight is 406 g/mol. The Kier molecular flexibility index (Phi) is 8.70. The van der Waals surface area contributed by atoms with Gasteiger partial charge < -0.3 is 4.74 Å². The summed E-state index contributed by atoms with van der Waals surface area (Å²) in [5.41, 5.74) is 1.29. The van der Waals surface area contributed by atoms with Gasteiger partial charge in [0, 0.05) is 5.56 Å². The van der Waals surface area contributed by atoms with E-state index in [4.69, 9.17) is 4.74 Å². The van der Waals surface area contributed by atoms with Gasteiger partial charge >= 0.3 is 0 Å². The first-order valence-corrected chi connectivity index (χ1v) is 12.1. The van der Waals surface area contributed by atoms with Gasteiger partial charge in [0.25, 0.3) is 0 Å². The molecule has 1 nitrogen and oxygen atoms in total. The summed E-state index contributed by atoms with van der Waals surface area (Å²) < 4.78 is 6.04. The molecule has 0 aliphatic heterocycles. The number of rotatable bonds is 11. The molecule has 0 bridgehead atoms. The van der Waals surface area contributed by atoms with Gasteiger partial charge in [-0.25, -0.2) is 0 Å². The van der Waals surface area contributed by atoms with Crippen molar-refractivity contribution in [2.24, 2.45) is 0 Å². The van der Waals surface area contributed by atoms with Crippen LogP contribution in [0.4, 0.5) is 0 Å². The van der Waals surface area contributed by atoms with E-state index in [1.165, 1.54) is 52.4 Å². The van der Waals surface area contributed by atoms with Gasteiger partial charge in [0.05, 0.1) is 17.5 Å². The lowest BCUT2D eigenvalue weighted by Crippen LogP contribution is -2.07. The van der Waals surface area contributed by atoms with E-state index in [0.29, 0.717) is 0 Å². The van der Waals surface area contributed by atoms with Gasteiger partial charge in [-0.2, -0.15) is 0 Å². The maximum Gasteiger partial charge on any atom is 0.169 e. The van der Waals surface area contributed by atoms with Crippen molar-refractivity contribution < 1.29 is 4.74 Å². The molecule has 0 fully saturated rings. The van der Waals surface area contributed by atoms with Crippen LogP contribution in [0.3, 0.4) is 0 Å². The monoisotopic (exact) mass is 405 g/mol. The lowest BCUT2D eigenvalue weighted by atomic mass is 10.1. The molecule has 0 heterocycles. The van der Waals surface area contributed by atoms with Gasteiger partial charge in [0.1, 0.15) is 5.75 Å². The maximum absolute atomic E-state index is 6.04. The van der Waals surface area contributed by atoms with Gasteiger partial charge in [-0.1, -0.05) is 75.4 Å². The van der Waals surface area contributed by atoms with Crippen molar-refractivity contribution >= 4 is 10.9 Å². The third kappa shape index (κ3) is 6.40. The Bertz CT molecular complexity index is 805. The summed E-state index contributed by atoms with van der Waals surface area (Å²) in [6.45, 7) is 5.28. The van der Waals surface area contributed by atoms with Gasteiger partial charge in [-0.05, 0) is 55.8 Å². The van der Waals surface area contributed by atoms with E-state index in [1.807, 2.05) is 0 Å². The second-order valence-electron chi connectivity index (χ2n) is 7.48. The van der Waals surface area contributed by atoms with Crippen LogP contribution in [0.15, 0.2) is 93.5 Å². The van der Waals surface area contributed by atoms with E-state index in [2.05, 4.69) is 92.7 Å². The van der Waals surface area contributed by atoms with Crippen LogP contribution in [0, 0.1) is 6.92 Å². The Morgan fingerprint density at radius 1 is 0.690 bits per heavy atom. The Balaban J connectivity index is 1.70. The maximum atomic E-state index is 6.04. The van der Waals surface area contributed by atoms with E-state index in [1.54, 1.807) is 0 Å². The van der Waals surface area contributed by atoms with Gasteiger partial charge in [0.2, 0.25) is 0 Å². The first-order chi connectivity index (χ1) is 14.3. The zero-order chi connectivity index (χ0) is 20.3. The van der Waals surface area contributed by atoms with Crippen molar-refractivity contribution in [3.8, 4) is 5.75 Å². The molecule has 0 aromatic heterocycles. The molecule has 29 heavy (non-hydrogen) atoms. The second-order valence-corrected chi connectivity index (χ2v) is 9.47. The molecule has 0 unspecified atom stereocenters. The number of unbranched alkanes of at least 4 members (excludes halogenated alkanes) is 5. The highest BCUT2D eigenvalue weighted by atomic mass is 32.2. The van der Waals surface area contributed by atoms with E-state index in [0.717, 1.165) is 18.8 Å². The van der Waals surface area contributed by atoms with Crippen LogP contribution in [0.25, 0.3) is 0 Å². The molecule has 0 aliphatic rings. The van der Waals surface area contributed by atoms with Crippen LogP contribution < -0.4 is 4.74 Å². The molecule has 3 aromatic carbocycles. The fourth-order valence-electron chi connectivity index (χ4n) is 3.52. The number of hydrogen-bond acceptors (Lipinski definition) is 1. The molecule has 3 rings (SSSR count). The van der Waals surface area contributed by atoms with Crippen molar-refractivity contribution in [2.75, 3.05) is 6.61 Å². The van der Waals surface area contributed by atoms with E-state index < -0.39 is 0 Å². The number of ether oxygens (including phenoxy) is 1. The highest BCUT2D eigenvalue weighted by molar-refractivity contribution is 7.97. The molecule has 0 atom stereocenters. The zero-order valence-corrected chi connectivity index (χ0v) is 18.6. The fraction of sp³-hybridized carbons (Fsp3) is 0.333. The van der Waals surface area contributed by atoms with Crippen LogP contribution in [0.2, 0.25) is 0 Å².